The molecule has 3 aromatic rings. The number of para-hydroxylation sites is 1. The van der Waals surface area contributed by atoms with Gasteiger partial charge in [0.1, 0.15) is 0 Å². The zero-order valence-electron chi connectivity index (χ0n) is 8.95. The van der Waals surface area contributed by atoms with E-state index in [4.69, 9.17) is 10.3 Å². The molecule has 0 fully saturated rings. The van der Waals surface area contributed by atoms with Crippen LogP contribution in [0, 0.1) is 0 Å². The van der Waals surface area contributed by atoms with Crippen molar-refractivity contribution in [2.75, 3.05) is 5.73 Å². The third kappa shape index (κ3) is 1.67. The zero-order valence-corrected chi connectivity index (χ0v) is 8.95. The molecule has 0 amide bonds. The lowest BCUT2D eigenvalue weighted by atomic mass is 10.1. The number of nitrogen functional groups attached to an aromatic ring is 1. The smallest absolute Gasteiger partial charge is 0.171 e. The summed E-state index contributed by atoms with van der Waals surface area (Å²) in [6.45, 7) is 0. The van der Waals surface area contributed by atoms with Gasteiger partial charge >= 0.3 is 0 Å². The maximum atomic E-state index is 5.56. The van der Waals surface area contributed by atoms with Gasteiger partial charge in [0.25, 0.3) is 0 Å². The van der Waals surface area contributed by atoms with Gasteiger partial charge in [-0.15, -0.1) is 0 Å². The van der Waals surface area contributed by atoms with Crippen LogP contribution in [0.1, 0.15) is 0 Å². The zero-order chi connectivity index (χ0) is 11.7. The fourth-order valence-electron chi connectivity index (χ4n) is 1.72. The van der Waals surface area contributed by atoms with Crippen molar-refractivity contribution in [3.8, 4) is 17.0 Å². The van der Waals surface area contributed by atoms with Crippen LogP contribution in [0.5, 0.6) is 0 Å². The molecule has 0 aliphatic rings. The van der Waals surface area contributed by atoms with Crippen LogP contribution in [0.4, 0.5) is 5.82 Å². The highest BCUT2D eigenvalue weighted by Gasteiger charge is 2.10. The summed E-state index contributed by atoms with van der Waals surface area (Å²) in [6, 6.07) is 9.54. The molecule has 0 saturated heterocycles. The molecule has 3 rings (SSSR count). The number of nitrogens with zero attached hydrogens (tertiary/aromatic N) is 3. The molecule has 2 aromatic heterocycles. The van der Waals surface area contributed by atoms with Gasteiger partial charge in [-0.3, -0.25) is 0 Å². The van der Waals surface area contributed by atoms with Crippen molar-refractivity contribution in [2.24, 2.45) is 0 Å². The number of aromatic nitrogens is 3. The van der Waals surface area contributed by atoms with Crippen molar-refractivity contribution in [3.63, 3.8) is 0 Å². The Morgan fingerprint density at radius 1 is 1.24 bits per heavy atom. The number of benzene rings is 1. The highest BCUT2D eigenvalue weighted by Crippen LogP contribution is 2.27. The van der Waals surface area contributed by atoms with E-state index in [1.54, 1.807) is 18.6 Å². The van der Waals surface area contributed by atoms with Crippen LogP contribution in [0.3, 0.4) is 0 Å². The van der Waals surface area contributed by atoms with Crippen molar-refractivity contribution < 1.29 is 4.52 Å². The average molecular weight is 226 g/mol. The molecule has 17 heavy (non-hydrogen) atoms. The lowest BCUT2D eigenvalue weighted by molar-refractivity contribution is 0.435. The molecule has 5 nitrogen and oxygen atoms in total. The van der Waals surface area contributed by atoms with E-state index in [-0.39, 0.29) is 0 Å². The molecule has 0 spiro atoms. The first-order valence-electron chi connectivity index (χ1n) is 5.14. The summed E-state index contributed by atoms with van der Waals surface area (Å²) in [5.41, 5.74) is 7.46. The Morgan fingerprint density at radius 3 is 2.82 bits per heavy atom. The Balaban J connectivity index is 2.17. The minimum absolute atomic E-state index is 0.375. The number of nitrogens with two attached hydrogens (primary N) is 1. The van der Waals surface area contributed by atoms with Crippen molar-refractivity contribution in [3.05, 3.63) is 49.1 Å². The second-order valence-electron chi connectivity index (χ2n) is 3.60. The summed E-state index contributed by atoms with van der Waals surface area (Å²) in [5, 5.41) is 3.69. The van der Waals surface area contributed by atoms with E-state index in [2.05, 4.69) is 10.1 Å². The molecule has 2 N–H and O–H groups in total. The Morgan fingerprint density at radius 2 is 2.12 bits per heavy atom. The van der Waals surface area contributed by atoms with Crippen LogP contribution < -0.4 is 5.73 Å². The summed E-state index contributed by atoms with van der Waals surface area (Å²) < 4.78 is 7.09. The first kappa shape index (κ1) is 9.65. The topological polar surface area (TPSA) is 69.9 Å². The molecule has 0 saturated carbocycles. The highest BCUT2D eigenvalue weighted by molar-refractivity contribution is 5.70. The summed E-state index contributed by atoms with van der Waals surface area (Å²) in [5.74, 6) is 1.02. The molecular formula is C12H10N4O. The van der Waals surface area contributed by atoms with Crippen LogP contribution in [0.25, 0.3) is 17.0 Å². The maximum absolute atomic E-state index is 5.56. The van der Waals surface area contributed by atoms with Crippen LogP contribution in [0.2, 0.25) is 0 Å². The Kier molecular flexibility index (Phi) is 2.15. The van der Waals surface area contributed by atoms with E-state index in [9.17, 15) is 0 Å². The quantitative estimate of drug-likeness (QED) is 0.726. The van der Waals surface area contributed by atoms with Crippen LogP contribution in [-0.2, 0) is 0 Å². The average Bonchev–Trinajstić information content (AvgIpc) is 3.00. The van der Waals surface area contributed by atoms with E-state index >= 15 is 0 Å². The van der Waals surface area contributed by atoms with Gasteiger partial charge in [-0.05, 0) is 12.1 Å². The SMILES string of the molecule is Nc1cc(-c2ccccc2-n2ccnc2)on1. The minimum atomic E-state index is 0.375. The predicted molar refractivity (Wildman–Crippen MR) is 63.5 cm³/mol. The van der Waals surface area contributed by atoms with Gasteiger partial charge in [-0.1, -0.05) is 17.3 Å². The molecule has 0 aliphatic carbocycles. The molecule has 5 heteroatoms. The van der Waals surface area contributed by atoms with Crippen molar-refractivity contribution in [1.29, 1.82) is 0 Å². The normalized spacial score (nSPS) is 10.6. The fraction of sp³-hybridized carbons (Fsp3) is 0. The van der Waals surface area contributed by atoms with E-state index in [0.717, 1.165) is 11.3 Å². The molecule has 0 aliphatic heterocycles. The Hall–Kier alpha value is -2.56. The number of hydrogen-bond acceptors (Lipinski definition) is 4. The number of imidazole rings is 1. The van der Waals surface area contributed by atoms with Crippen LogP contribution in [-0.4, -0.2) is 14.7 Å². The van der Waals surface area contributed by atoms with Gasteiger partial charge in [0.2, 0.25) is 0 Å². The second kappa shape index (κ2) is 3.79. The Bertz CT molecular complexity index is 628. The third-order valence-corrected chi connectivity index (χ3v) is 2.48. The van der Waals surface area contributed by atoms with Gasteiger partial charge < -0.3 is 14.8 Å². The van der Waals surface area contributed by atoms with Crippen molar-refractivity contribution in [2.45, 2.75) is 0 Å². The van der Waals surface area contributed by atoms with Gasteiger partial charge in [-0.2, -0.15) is 0 Å². The van der Waals surface area contributed by atoms with Gasteiger partial charge in [-0.25, -0.2) is 4.98 Å². The maximum Gasteiger partial charge on any atom is 0.171 e. The summed E-state index contributed by atoms with van der Waals surface area (Å²) in [6.07, 6.45) is 5.34. The fourth-order valence-corrected chi connectivity index (χ4v) is 1.72. The van der Waals surface area contributed by atoms with E-state index < -0.39 is 0 Å². The van der Waals surface area contributed by atoms with Crippen LogP contribution >= 0.6 is 0 Å². The molecule has 84 valence electrons. The first-order valence-corrected chi connectivity index (χ1v) is 5.14. The minimum Gasteiger partial charge on any atom is -0.381 e. The molecule has 1 aromatic carbocycles. The second-order valence-corrected chi connectivity index (χ2v) is 3.60. The molecule has 2 heterocycles. The Labute approximate surface area is 97.5 Å². The van der Waals surface area contributed by atoms with Crippen LogP contribution in [0.15, 0.2) is 53.6 Å². The summed E-state index contributed by atoms with van der Waals surface area (Å²) in [7, 11) is 0. The predicted octanol–water partition coefficient (Wildman–Crippen LogP) is 2.11. The number of hydrogen-bond donors (Lipinski definition) is 1. The molecule has 0 bridgehead atoms. The van der Waals surface area contributed by atoms with Gasteiger partial charge in [0.05, 0.1) is 12.0 Å². The summed E-state index contributed by atoms with van der Waals surface area (Å²) in [4.78, 5) is 4.03. The molecule has 0 atom stereocenters. The lowest BCUT2D eigenvalue weighted by Gasteiger charge is -2.06. The number of anilines is 1. The van der Waals surface area contributed by atoms with Gasteiger partial charge in [0.15, 0.2) is 11.6 Å². The monoisotopic (exact) mass is 226 g/mol. The first-order chi connectivity index (χ1) is 8.34. The molecule has 0 radical (unpaired) electrons. The molecule has 0 unspecified atom stereocenters. The molecular weight excluding hydrogens is 216 g/mol. The summed E-state index contributed by atoms with van der Waals surface area (Å²) >= 11 is 0. The largest absolute Gasteiger partial charge is 0.381 e. The van der Waals surface area contributed by atoms with E-state index in [0.29, 0.717) is 11.6 Å². The van der Waals surface area contributed by atoms with E-state index in [1.165, 1.54) is 0 Å². The lowest BCUT2D eigenvalue weighted by Crippen LogP contribution is -1.92. The van der Waals surface area contributed by atoms with Gasteiger partial charge in [0, 0.05) is 24.0 Å². The van der Waals surface area contributed by atoms with Crippen molar-refractivity contribution >= 4 is 5.82 Å². The number of rotatable bonds is 2. The van der Waals surface area contributed by atoms with E-state index in [1.807, 2.05) is 35.0 Å². The van der Waals surface area contributed by atoms with Crippen molar-refractivity contribution in [1.82, 2.24) is 14.7 Å². The third-order valence-electron chi connectivity index (χ3n) is 2.48. The highest BCUT2D eigenvalue weighted by atomic mass is 16.5. The standard InChI is InChI=1S/C12H10N4O/c13-12-7-11(17-15-12)9-3-1-2-4-10(9)16-6-5-14-8-16/h1-8H,(H2,13,15).